The van der Waals surface area contributed by atoms with Crippen LogP contribution in [0.3, 0.4) is 0 Å². The highest BCUT2D eigenvalue weighted by Crippen LogP contribution is 2.27. The summed E-state index contributed by atoms with van der Waals surface area (Å²) in [5, 5.41) is 3.42. The van der Waals surface area contributed by atoms with Gasteiger partial charge in [0.25, 0.3) is 0 Å². The first kappa shape index (κ1) is 15.8. The molecule has 1 aromatic rings. The molecule has 0 heterocycles. The van der Waals surface area contributed by atoms with Crippen LogP contribution >= 0.6 is 11.6 Å². The van der Waals surface area contributed by atoms with Gasteiger partial charge in [-0.1, -0.05) is 49.1 Å². The number of hydrogen-bond donors (Lipinski definition) is 1. The van der Waals surface area contributed by atoms with Crippen molar-refractivity contribution in [1.82, 2.24) is 5.32 Å². The van der Waals surface area contributed by atoms with Crippen LogP contribution in [0.5, 0.6) is 0 Å². The molecule has 1 N–H and O–H groups in total. The van der Waals surface area contributed by atoms with Gasteiger partial charge in [-0.3, -0.25) is 0 Å². The van der Waals surface area contributed by atoms with Gasteiger partial charge in [-0.05, 0) is 31.5 Å². The number of benzene rings is 1. The Morgan fingerprint density at radius 3 is 2.60 bits per heavy atom. The van der Waals surface area contributed by atoms with Gasteiger partial charge in [0.1, 0.15) is 0 Å². The quantitative estimate of drug-likeness (QED) is 0.868. The molecule has 0 saturated heterocycles. The second-order valence-electron chi connectivity index (χ2n) is 5.47. The first-order chi connectivity index (χ1) is 9.54. The van der Waals surface area contributed by atoms with E-state index in [4.69, 9.17) is 11.6 Å². The van der Waals surface area contributed by atoms with Crippen LogP contribution in [0.4, 0.5) is 0 Å². The van der Waals surface area contributed by atoms with Gasteiger partial charge in [-0.2, -0.15) is 0 Å². The Kier molecular flexibility index (Phi) is 5.47. The van der Waals surface area contributed by atoms with Gasteiger partial charge in [0.15, 0.2) is 9.84 Å². The summed E-state index contributed by atoms with van der Waals surface area (Å²) in [6, 6.07) is 7.25. The van der Waals surface area contributed by atoms with Gasteiger partial charge < -0.3 is 5.32 Å². The van der Waals surface area contributed by atoms with E-state index in [-0.39, 0.29) is 17.0 Å². The maximum atomic E-state index is 12.7. The van der Waals surface area contributed by atoms with Crippen LogP contribution in [0.2, 0.25) is 5.02 Å². The topological polar surface area (TPSA) is 46.2 Å². The van der Waals surface area contributed by atoms with E-state index >= 15 is 0 Å². The van der Waals surface area contributed by atoms with E-state index in [0.29, 0.717) is 10.6 Å². The molecule has 20 heavy (non-hydrogen) atoms. The van der Waals surface area contributed by atoms with Crippen molar-refractivity contribution in [3.63, 3.8) is 0 Å². The maximum Gasteiger partial charge on any atom is 0.158 e. The minimum Gasteiger partial charge on any atom is -0.316 e. The van der Waals surface area contributed by atoms with E-state index in [1.807, 2.05) is 19.2 Å². The molecular weight excluding hydrogens is 294 g/mol. The fraction of sp³-hybridized carbons (Fsp3) is 0.600. The summed E-state index contributed by atoms with van der Waals surface area (Å²) in [5.41, 5.74) is 0.702. The zero-order valence-corrected chi connectivity index (χ0v) is 13.4. The molecule has 5 heteroatoms. The van der Waals surface area contributed by atoms with Crippen molar-refractivity contribution in [3.05, 3.63) is 34.9 Å². The number of sulfone groups is 1. The normalized spacial score (nSPS) is 24.3. The monoisotopic (exact) mass is 315 g/mol. The number of rotatable bonds is 4. The molecule has 2 unspecified atom stereocenters. The minimum absolute atomic E-state index is 0.0372. The van der Waals surface area contributed by atoms with Crippen molar-refractivity contribution in [2.45, 2.75) is 49.1 Å². The first-order valence-electron chi connectivity index (χ1n) is 7.17. The predicted molar refractivity (Wildman–Crippen MR) is 83.8 cm³/mol. The number of nitrogens with one attached hydrogen (secondary N) is 1. The van der Waals surface area contributed by atoms with Crippen LogP contribution in [-0.2, 0) is 15.6 Å². The third-order valence-corrected chi connectivity index (χ3v) is 6.67. The van der Waals surface area contributed by atoms with E-state index in [0.717, 1.165) is 32.1 Å². The molecule has 1 aliphatic carbocycles. The van der Waals surface area contributed by atoms with E-state index in [9.17, 15) is 8.42 Å². The molecule has 0 aromatic heterocycles. The van der Waals surface area contributed by atoms with Gasteiger partial charge in [-0.25, -0.2) is 8.42 Å². The first-order valence-corrected chi connectivity index (χ1v) is 9.26. The predicted octanol–water partition coefficient (Wildman–Crippen LogP) is 3.18. The molecule has 1 aromatic carbocycles. The number of hydrogen-bond acceptors (Lipinski definition) is 3. The van der Waals surface area contributed by atoms with E-state index < -0.39 is 9.84 Å². The Morgan fingerprint density at radius 1 is 1.20 bits per heavy atom. The van der Waals surface area contributed by atoms with Crippen LogP contribution in [0.25, 0.3) is 0 Å². The molecule has 0 bridgehead atoms. The van der Waals surface area contributed by atoms with Crippen LogP contribution in [0, 0.1) is 0 Å². The highest BCUT2D eigenvalue weighted by molar-refractivity contribution is 7.91. The van der Waals surface area contributed by atoms with Crippen molar-refractivity contribution < 1.29 is 8.42 Å². The molecule has 1 saturated carbocycles. The van der Waals surface area contributed by atoms with E-state index in [1.54, 1.807) is 12.1 Å². The smallest absolute Gasteiger partial charge is 0.158 e. The molecule has 1 fully saturated rings. The zero-order chi connectivity index (χ0) is 14.6. The molecular formula is C15H22ClNO2S. The summed E-state index contributed by atoms with van der Waals surface area (Å²) in [7, 11) is -1.34. The van der Waals surface area contributed by atoms with Crippen molar-refractivity contribution >= 4 is 21.4 Å². The van der Waals surface area contributed by atoms with Crippen molar-refractivity contribution in [2.24, 2.45) is 0 Å². The lowest BCUT2D eigenvalue weighted by Gasteiger charge is -2.25. The molecule has 112 valence electrons. The van der Waals surface area contributed by atoms with Gasteiger partial charge >= 0.3 is 0 Å². The van der Waals surface area contributed by atoms with Gasteiger partial charge in [0, 0.05) is 11.1 Å². The standard InChI is InChI=1S/C15H22ClNO2S/c1-17-14-9-3-2-4-10-15(14)20(18,19)11-12-7-5-6-8-13(12)16/h5-8,14-15,17H,2-4,9-11H2,1H3. The van der Waals surface area contributed by atoms with Gasteiger partial charge in [-0.15, -0.1) is 0 Å². The highest BCUT2D eigenvalue weighted by Gasteiger charge is 2.33. The largest absolute Gasteiger partial charge is 0.316 e. The lowest BCUT2D eigenvalue weighted by molar-refractivity contribution is 0.480. The van der Waals surface area contributed by atoms with E-state index in [2.05, 4.69) is 5.32 Å². The summed E-state index contributed by atoms with van der Waals surface area (Å²) in [6.07, 6.45) is 4.89. The Morgan fingerprint density at radius 2 is 1.90 bits per heavy atom. The number of halogens is 1. The maximum absolute atomic E-state index is 12.7. The molecule has 0 aliphatic heterocycles. The summed E-state index contributed by atoms with van der Waals surface area (Å²) in [5.74, 6) is 0.0372. The van der Waals surface area contributed by atoms with Crippen molar-refractivity contribution in [2.75, 3.05) is 7.05 Å². The van der Waals surface area contributed by atoms with Crippen LogP contribution in [0.15, 0.2) is 24.3 Å². The Balaban J connectivity index is 2.22. The summed E-state index contributed by atoms with van der Waals surface area (Å²) in [4.78, 5) is 0. The highest BCUT2D eigenvalue weighted by atomic mass is 35.5. The molecule has 1 aliphatic rings. The minimum atomic E-state index is -3.19. The van der Waals surface area contributed by atoms with E-state index in [1.165, 1.54) is 0 Å². The van der Waals surface area contributed by atoms with Crippen LogP contribution in [-0.4, -0.2) is 26.8 Å². The Labute approximate surface area is 126 Å². The zero-order valence-electron chi connectivity index (χ0n) is 11.8. The average Bonchev–Trinajstić information content (AvgIpc) is 2.66. The molecule has 2 atom stereocenters. The van der Waals surface area contributed by atoms with Gasteiger partial charge in [0.2, 0.25) is 0 Å². The third kappa shape index (κ3) is 3.74. The average molecular weight is 316 g/mol. The third-order valence-electron chi connectivity index (χ3n) is 4.10. The lowest BCUT2D eigenvalue weighted by Crippen LogP contribution is -2.42. The molecule has 2 rings (SSSR count). The van der Waals surface area contributed by atoms with Crippen molar-refractivity contribution in [1.29, 1.82) is 0 Å². The Hall–Kier alpha value is -0.580. The lowest BCUT2D eigenvalue weighted by atomic mass is 10.1. The fourth-order valence-corrected chi connectivity index (χ4v) is 5.45. The molecule has 3 nitrogen and oxygen atoms in total. The second kappa shape index (κ2) is 6.92. The summed E-state index contributed by atoms with van der Waals surface area (Å²) in [6.45, 7) is 0. The van der Waals surface area contributed by atoms with Gasteiger partial charge in [0.05, 0.1) is 11.0 Å². The summed E-state index contributed by atoms with van der Waals surface area (Å²) < 4.78 is 25.5. The fourth-order valence-electron chi connectivity index (χ4n) is 2.97. The molecule has 0 spiro atoms. The SMILES string of the molecule is CNC1CCCCCC1S(=O)(=O)Cc1ccccc1Cl. The Bertz CT molecular complexity index is 545. The molecule has 0 amide bonds. The summed E-state index contributed by atoms with van der Waals surface area (Å²) >= 11 is 6.09. The van der Waals surface area contributed by atoms with Crippen LogP contribution in [0.1, 0.15) is 37.7 Å². The second-order valence-corrected chi connectivity index (χ2v) is 8.10. The van der Waals surface area contributed by atoms with Crippen molar-refractivity contribution in [3.8, 4) is 0 Å². The molecule has 0 radical (unpaired) electrons. The van der Waals surface area contributed by atoms with Crippen LogP contribution < -0.4 is 5.32 Å².